The number of nitrogens with zero attached hydrogens (tertiary/aromatic N) is 5. The van der Waals surface area contributed by atoms with Gasteiger partial charge in [0.05, 0.1) is 12.1 Å². The molecule has 7 rings (SSSR count). The van der Waals surface area contributed by atoms with Crippen LogP contribution in [0, 0.1) is 0 Å². The fraction of sp³-hybridized carbons (Fsp3) is 0.185. The third-order valence-electron chi connectivity index (χ3n) is 6.87. The van der Waals surface area contributed by atoms with Gasteiger partial charge in [-0.3, -0.25) is 4.79 Å². The lowest BCUT2D eigenvalue weighted by atomic mass is 10.0. The molecule has 0 fully saturated rings. The number of anilines is 1. The monoisotopic (exact) mass is 478 g/mol. The highest BCUT2D eigenvalue weighted by molar-refractivity contribution is 5.83. The minimum Gasteiger partial charge on any atom is -0.454 e. The van der Waals surface area contributed by atoms with Gasteiger partial charge in [0.15, 0.2) is 17.3 Å². The number of aromatic amines is 1. The number of benzene rings is 3. The van der Waals surface area contributed by atoms with E-state index in [9.17, 15) is 4.79 Å². The number of ether oxygens (including phenoxy) is 2. The molecule has 0 saturated carbocycles. The molecule has 9 nitrogen and oxygen atoms in total. The Hall–Kier alpha value is -4.66. The van der Waals surface area contributed by atoms with Crippen LogP contribution in [0.15, 0.2) is 77.6 Å². The summed E-state index contributed by atoms with van der Waals surface area (Å²) in [6.07, 6.45) is 0.886. The summed E-state index contributed by atoms with van der Waals surface area (Å²) in [6.45, 7) is 1.42. The fourth-order valence-electron chi connectivity index (χ4n) is 5.17. The number of rotatable bonds is 5. The zero-order chi connectivity index (χ0) is 24.1. The van der Waals surface area contributed by atoms with E-state index in [0.717, 1.165) is 29.6 Å². The SMILES string of the molecule is O=c1[nH]c2cc3c(cc2cc1C(c1nnnn1Cc1ccccc1)N1CCc2ccccc21)OCO3. The van der Waals surface area contributed by atoms with Crippen LogP contribution >= 0.6 is 0 Å². The molecule has 0 amide bonds. The summed E-state index contributed by atoms with van der Waals surface area (Å²) in [7, 11) is 0. The van der Waals surface area contributed by atoms with Crippen LogP contribution in [-0.4, -0.2) is 38.5 Å². The van der Waals surface area contributed by atoms with Gasteiger partial charge in [-0.05, 0) is 46.2 Å². The summed E-state index contributed by atoms with van der Waals surface area (Å²) in [5, 5.41) is 13.6. The summed E-state index contributed by atoms with van der Waals surface area (Å²) in [5.74, 6) is 1.90. The maximum atomic E-state index is 13.6. The van der Waals surface area contributed by atoms with E-state index in [4.69, 9.17) is 9.47 Å². The van der Waals surface area contributed by atoms with Gasteiger partial charge in [0.25, 0.3) is 5.56 Å². The number of para-hydroxylation sites is 1. The number of hydrogen-bond donors (Lipinski definition) is 1. The molecule has 2 aliphatic heterocycles. The molecule has 9 heteroatoms. The van der Waals surface area contributed by atoms with Crippen molar-refractivity contribution in [3.8, 4) is 11.5 Å². The van der Waals surface area contributed by atoms with Crippen molar-refractivity contribution >= 4 is 16.6 Å². The molecule has 1 atom stereocenters. The minimum atomic E-state index is -0.481. The van der Waals surface area contributed by atoms with E-state index in [0.29, 0.717) is 34.9 Å². The van der Waals surface area contributed by atoms with E-state index in [-0.39, 0.29) is 12.4 Å². The van der Waals surface area contributed by atoms with Crippen molar-refractivity contribution in [2.75, 3.05) is 18.2 Å². The zero-order valence-electron chi connectivity index (χ0n) is 19.3. The van der Waals surface area contributed by atoms with Gasteiger partial charge in [0.1, 0.15) is 6.04 Å². The first kappa shape index (κ1) is 20.7. The first-order valence-electron chi connectivity index (χ1n) is 11.9. The van der Waals surface area contributed by atoms with E-state index in [1.54, 1.807) is 4.68 Å². The maximum Gasteiger partial charge on any atom is 0.254 e. The molecule has 4 heterocycles. The molecule has 0 radical (unpaired) electrons. The first-order valence-corrected chi connectivity index (χ1v) is 11.9. The highest BCUT2D eigenvalue weighted by Gasteiger charge is 2.34. The van der Waals surface area contributed by atoms with Crippen molar-refractivity contribution < 1.29 is 9.47 Å². The Bertz CT molecular complexity index is 1640. The van der Waals surface area contributed by atoms with Gasteiger partial charge in [0, 0.05) is 29.2 Å². The molecule has 1 N–H and O–H groups in total. The van der Waals surface area contributed by atoms with Gasteiger partial charge in [-0.15, -0.1) is 5.10 Å². The molecule has 2 aromatic heterocycles. The molecular formula is C27H22N6O3. The second-order valence-corrected chi connectivity index (χ2v) is 9.00. The molecular weight excluding hydrogens is 456 g/mol. The Morgan fingerprint density at radius 3 is 2.67 bits per heavy atom. The van der Waals surface area contributed by atoms with E-state index in [1.807, 2.05) is 60.7 Å². The quantitative estimate of drug-likeness (QED) is 0.413. The van der Waals surface area contributed by atoms with Crippen LogP contribution in [0.4, 0.5) is 5.69 Å². The standard InChI is InChI=1S/C27H22N6O3/c34-27-20(12-19-13-23-24(36-16-35-23)14-21(19)28-27)25(32-11-10-18-8-4-5-9-22(18)32)26-29-30-31-33(26)15-17-6-2-1-3-7-17/h1-9,12-14,25H,10-11,15-16H2,(H,28,34). The topological polar surface area (TPSA) is 98.2 Å². The average molecular weight is 479 g/mol. The number of pyridine rings is 1. The van der Waals surface area contributed by atoms with Crippen molar-refractivity contribution in [2.24, 2.45) is 0 Å². The lowest BCUT2D eigenvalue weighted by Gasteiger charge is -2.29. The number of nitrogens with one attached hydrogen (secondary N) is 1. The molecule has 5 aromatic rings. The predicted molar refractivity (Wildman–Crippen MR) is 133 cm³/mol. The van der Waals surface area contributed by atoms with Crippen LogP contribution in [0.25, 0.3) is 10.9 Å². The van der Waals surface area contributed by atoms with E-state index in [1.165, 1.54) is 5.56 Å². The maximum absolute atomic E-state index is 13.6. The Kier molecular flexibility index (Phi) is 4.73. The van der Waals surface area contributed by atoms with Crippen LogP contribution in [0.2, 0.25) is 0 Å². The number of hydrogen-bond acceptors (Lipinski definition) is 7. The van der Waals surface area contributed by atoms with Crippen molar-refractivity contribution in [1.29, 1.82) is 0 Å². The molecule has 0 bridgehead atoms. The van der Waals surface area contributed by atoms with Crippen LogP contribution < -0.4 is 19.9 Å². The van der Waals surface area contributed by atoms with Crippen molar-refractivity contribution in [1.82, 2.24) is 25.2 Å². The summed E-state index contributed by atoms with van der Waals surface area (Å²) < 4.78 is 12.9. The van der Waals surface area contributed by atoms with Crippen molar-refractivity contribution in [2.45, 2.75) is 19.0 Å². The van der Waals surface area contributed by atoms with Crippen LogP contribution in [0.3, 0.4) is 0 Å². The largest absolute Gasteiger partial charge is 0.454 e. The molecule has 2 aliphatic rings. The predicted octanol–water partition coefficient (Wildman–Crippen LogP) is 3.44. The Balaban J connectivity index is 1.40. The molecule has 0 spiro atoms. The first-order chi connectivity index (χ1) is 17.7. The summed E-state index contributed by atoms with van der Waals surface area (Å²) >= 11 is 0. The second-order valence-electron chi connectivity index (χ2n) is 9.00. The van der Waals surface area contributed by atoms with Gasteiger partial charge in [-0.2, -0.15) is 0 Å². The van der Waals surface area contributed by atoms with Gasteiger partial charge < -0.3 is 19.4 Å². The molecule has 1 unspecified atom stereocenters. The van der Waals surface area contributed by atoms with Gasteiger partial charge in [0.2, 0.25) is 6.79 Å². The molecule has 0 saturated heterocycles. The number of H-pyrrole nitrogens is 1. The van der Waals surface area contributed by atoms with E-state index >= 15 is 0 Å². The Labute approximate surface area is 205 Å². The van der Waals surface area contributed by atoms with E-state index < -0.39 is 6.04 Å². The highest BCUT2D eigenvalue weighted by atomic mass is 16.7. The third-order valence-corrected chi connectivity index (χ3v) is 6.87. The molecule has 0 aliphatic carbocycles. The van der Waals surface area contributed by atoms with Crippen molar-refractivity contribution in [3.63, 3.8) is 0 Å². The van der Waals surface area contributed by atoms with Gasteiger partial charge in [-0.25, -0.2) is 4.68 Å². The van der Waals surface area contributed by atoms with Crippen LogP contribution in [0.1, 0.15) is 28.6 Å². The van der Waals surface area contributed by atoms with Crippen LogP contribution in [-0.2, 0) is 13.0 Å². The number of fused-ring (bicyclic) bond motifs is 3. The van der Waals surface area contributed by atoms with Crippen LogP contribution in [0.5, 0.6) is 11.5 Å². The fourth-order valence-corrected chi connectivity index (χ4v) is 5.17. The Morgan fingerprint density at radius 2 is 1.78 bits per heavy atom. The van der Waals surface area contributed by atoms with E-state index in [2.05, 4.69) is 37.5 Å². The second kappa shape index (κ2) is 8.23. The summed E-state index contributed by atoms with van der Waals surface area (Å²) in [6, 6.07) is 23.5. The lowest BCUT2D eigenvalue weighted by molar-refractivity contribution is 0.174. The number of aromatic nitrogens is 5. The zero-order valence-corrected chi connectivity index (χ0v) is 19.3. The Morgan fingerprint density at radius 1 is 0.972 bits per heavy atom. The molecule has 3 aromatic carbocycles. The molecule has 178 valence electrons. The number of tetrazole rings is 1. The lowest BCUT2D eigenvalue weighted by Crippen LogP contribution is -2.34. The van der Waals surface area contributed by atoms with Crippen molar-refractivity contribution in [3.05, 3.63) is 106 Å². The average Bonchev–Trinajstić information content (AvgIpc) is 3.65. The minimum absolute atomic E-state index is 0.171. The summed E-state index contributed by atoms with van der Waals surface area (Å²) in [5.41, 5.74) is 4.48. The summed E-state index contributed by atoms with van der Waals surface area (Å²) in [4.78, 5) is 18.9. The van der Waals surface area contributed by atoms with Gasteiger partial charge >= 0.3 is 0 Å². The highest BCUT2D eigenvalue weighted by Crippen LogP contribution is 2.39. The third kappa shape index (κ3) is 3.39. The smallest absolute Gasteiger partial charge is 0.254 e. The normalized spacial score (nSPS) is 14.8. The molecule has 36 heavy (non-hydrogen) atoms. The van der Waals surface area contributed by atoms with Gasteiger partial charge in [-0.1, -0.05) is 48.5 Å².